The summed E-state index contributed by atoms with van der Waals surface area (Å²) < 4.78 is 0. The Morgan fingerprint density at radius 1 is 1.25 bits per heavy atom. The second-order valence-electron chi connectivity index (χ2n) is 7.01. The Hall–Kier alpha value is -0.530. The van der Waals surface area contributed by atoms with E-state index in [1.54, 1.807) is 0 Å². The molecule has 0 saturated heterocycles. The maximum Gasteiger partial charge on any atom is 0.0408 e. The summed E-state index contributed by atoms with van der Waals surface area (Å²) in [6.07, 6.45) is 6.43. The van der Waals surface area contributed by atoms with Gasteiger partial charge in [0.25, 0.3) is 0 Å². The van der Waals surface area contributed by atoms with E-state index in [1.165, 1.54) is 31.2 Å². The van der Waals surface area contributed by atoms with Gasteiger partial charge in [-0.25, -0.2) is 0 Å². The molecule has 1 aliphatic rings. The van der Waals surface area contributed by atoms with Crippen LogP contribution in [0.1, 0.15) is 45.1 Å². The lowest BCUT2D eigenvalue weighted by Crippen LogP contribution is -2.49. The molecule has 0 spiro atoms. The van der Waals surface area contributed by atoms with Gasteiger partial charge in [-0.3, -0.25) is 0 Å². The van der Waals surface area contributed by atoms with Crippen LogP contribution in [-0.2, 0) is 6.42 Å². The highest BCUT2D eigenvalue weighted by Gasteiger charge is 2.37. The van der Waals surface area contributed by atoms with E-state index in [-0.39, 0.29) is 0 Å². The number of likely N-dealkylation sites (N-methyl/N-ethyl adjacent to an activating group) is 1. The highest BCUT2D eigenvalue weighted by Crippen LogP contribution is 2.40. The van der Waals surface area contributed by atoms with E-state index in [1.807, 2.05) is 6.07 Å². The summed E-state index contributed by atoms with van der Waals surface area (Å²) in [7, 11) is 4.47. The molecule has 0 atom stereocenters. The van der Waals surface area contributed by atoms with E-state index in [4.69, 9.17) is 11.6 Å². The monoisotopic (exact) mass is 293 g/mol. The molecule has 0 aliphatic heterocycles. The maximum atomic E-state index is 6.14. The van der Waals surface area contributed by atoms with Crippen LogP contribution in [0.3, 0.4) is 0 Å². The fourth-order valence-corrected chi connectivity index (χ4v) is 3.87. The fourth-order valence-electron chi connectivity index (χ4n) is 3.65. The largest absolute Gasteiger partial charge is 0.303 e. The number of rotatable bonds is 4. The Kier molecular flexibility index (Phi) is 5.14. The minimum Gasteiger partial charge on any atom is -0.303 e. The molecule has 1 aliphatic carbocycles. The molecular weight excluding hydrogens is 266 g/mol. The SMILES string of the molecule is CC(C)C1CCC(Cc2cccc(Cl)c2)(N(C)C)CC1. The number of nitrogens with zero attached hydrogens (tertiary/aromatic N) is 1. The van der Waals surface area contributed by atoms with E-state index in [9.17, 15) is 0 Å². The van der Waals surface area contributed by atoms with E-state index in [2.05, 4.69) is 51.0 Å². The van der Waals surface area contributed by atoms with Crippen molar-refractivity contribution >= 4 is 11.6 Å². The van der Waals surface area contributed by atoms with Crippen molar-refractivity contribution in [2.24, 2.45) is 11.8 Å². The van der Waals surface area contributed by atoms with Gasteiger partial charge in [-0.2, -0.15) is 0 Å². The molecular formula is C18H28ClN. The van der Waals surface area contributed by atoms with Crippen LogP contribution in [-0.4, -0.2) is 24.5 Å². The van der Waals surface area contributed by atoms with Gasteiger partial charge in [0.1, 0.15) is 0 Å². The van der Waals surface area contributed by atoms with Crippen molar-refractivity contribution in [1.29, 1.82) is 0 Å². The first-order valence-electron chi connectivity index (χ1n) is 7.85. The zero-order chi connectivity index (χ0) is 14.8. The first-order chi connectivity index (χ1) is 9.43. The molecule has 1 fully saturated rings. The topological polar surface area (TPSA) is 3.24 Å². The van der Waals surface area contributed by atoms with Crippen molar-refractivity contribution in [1.82, 2.24) is 4.90 Å². The molecule has 0 amide bonds. The summed E-state index contributed by atoms with van der Waals surface area (Å²) in [5, 5.41) is 0.854. The number of benzene rings is 1. The van der Waals surface area contributed by atoms with Gasteiger partial charge >= 0.3 is 0 Å². The number of hydrogen-bond acceptors (Lipinski definition) is 1. The Labute approximate surface area is 129 Å². The van der Waals surface area contributed by atoms with Crippen molar-refractivity contribution < 1.29 is 0 Å². The van der Waals surface area contributed by atoms with Gasteiger partial charge in [0, 0.05) is 10.6 Å². The van der Waals surface area contributed by atoms with Gasteiger partial charge in [-0.15, -0.1) is 0 Å². The molecule has 0 N–H and O–H groups in total. The first kappa shape index (κ1) is 15.9. The summed E-state index contributed by atoms with van der Waals surface area (Å²) in [6, 6.07) is 8.37. The Morgan fingerprint density at radius 3 is 2.40 bits per heavy atom. The van der Waals surface area contributed by atoms with E-state index >= 15 is 0 Å². The first-order valence-corrected chi connectivity index (χ1v) is 8.23. The summed E-state index contributed by atoms with van der Waals surface area (Å²) >= 11 is 6.14. The van der Waals surface area contributed by atoms with Crippen LogP contribution >= 0.6 is 11.6 Å². The standard InChI is InChI=1S/C18H28ClN/c1-14(2)16-8-10-18(11-9-16,20(3)4)13-15-6-5-7-17(19)12-15/h5-7,12,14,16H,8-11,13H2,1-4H3. The van der Waals surface area contributed by atoms with Crippen molar-refractivity contribution in [2.75, 3.05) is 14.1 Å². The van der Waals surface area contributed by atoms with Crippen molar-refractivity contribution in [3.8, 4) is 0 Å². The van der Waals surface area contributed by atoms with Crippen molar-refractivity contribution in [3.63, 3.8) is 0 Å². The quantitative estimate of drug-likeness (QED) is 0.752. The maximum absolute atomic E-state index is 6.14. The molecule has 0 radical (unpaired) electrons. The molecule has 1 nitrogen and oxygen atoms in total. The molecule has 0 aromatic heterocycles. The molecule has 1 aromatic carbocycles. The van der Waals surface area contributed by atoms with Gasteiger partial charge in [0.05, 0.1) is 0 Å². The molecule has 2 heteroatoms. The third kappa shape index (κ3) is 3.56. The molecule has 2 rings (SSSR count). The van der Waals surface area contributed by atoms with Crippen LogP contribution in [0.15, 0.2) is 24.3 Å². The lowest BCUT2D eigenvalue weighted by atomic mass is 9.70. The Balaban J connectivity index is 2.12. The second-order valence-corrected chi connectivity index (χ2v) is 7.44. The minimum atomic E-state index is 0.316. The summed E-state index contributed by atoms with van der Waals surface area (Å²) in [6.45, 7) is 4.73. The van der Waals surface area contributed by atoms with Gasteiger partial charge in [-0.05, 0) is 75.7 Å². The number of halogens is 1. The number of hydrogen-bond donors (Lipinski definition) is 0. The predicted molar refractivity (Wildman–Crippen MR) is 88.4 cm³/mol. The lowest BCUT2D eigenvalue weighted by molar-refractivity contribution is 0.0683. The highest BCUT2D eigenvalue weighted by molar-refractivity contribution is 6.30. The van der Waals surface area contributed by atoms with Crippen molar-refractivity contribution in [2.45, 2.75) is 51.5 Å². The van der Waals surface area contributed by atoms with Gasteiger partial charge in [-0.1, -0.05) is 37.6 Å². The molecule has 112 valence electrons. The summed E-state index contributed by atoms with van der Waals surface area (Å²) in [5.41, 5.74) is 1.69. The van der Waals surface area contributed by atoms with Crippen LogP contribution in [0.5, 0.6) is 0 Å². The van der Waals surface area contributed by atoms with Crippen LogP contribution < -0.4 is 0 Å². The Morgan fingerprint density at radius 2 is 1.90 bits per heavy atom. The third-order valence-corrected chi connectivity index (χ3v) is 5.51. The predicted octanol–water partition coefficient (Wildman–Crippen LogP) is 5.03. The smallest absolute Gasteiger partial charge is 0.0408 e. The van der Waals surface area contributed by atoms with Crippen molar-refractivity contribution in [3.05, 3.63) is 34.9 Å². The molecule has 0 heterocycles. The average Bonchev–Trinajstić information content (AvgIpc) is 2.39. The van der Waals surface area contributed by atoms with E-state index in [0.29, 0.717) is 5.54 Å². The fraction of sp³-hybridized carbons (Fsp3) is 0.667. The van der Waals surface area contributed by atoms with Gasteiger partial charge in [0.2, 0.25) is 0 Å². The van der Waals surface area contributed by atoms with Crippen LogP contribution in [0.25, 0.3) is 0 Å². The Bertz CT molecular complexity index is 431. The normalized spacial score (nSPS) is 27.2. The minimum absolute atomic E-state index is 0.316. The van der Waals surface area contributed by atoms with Gasteiger partial charge < -0.3 is 4.90 Å². The molecule has 1 aromatic rings. The van der Waals surface area contributed by atoms with E-state index in [0.717, 1.165) is 23.3 Å². The van der Waals surface area contributed by atoms with Gasteiger partial charge in [0.15, 0.2) is 0 Å². The summed E-state index contributed by atoms with van der Waals surface area (Å²) in [5.74, 6) is 1.73. The molecule has 0 bridgehead atoms. The zero-order valence-electron chi connectivity index (χ0n) is 13.3. The second kappa shape index (κ2) is 6.49. The molecule has 0 unspecified atom stereocenters. The van der Waals surface area contributed by atoms with Crippen LogP contribution in [0.4, 0.5) is 0 Å². The molecule has 1 saturated carbocycles. The summed E-state index contributed by atoms with van der Waals surface area (Å²) in [4.78, 5) is 2.45. The third-order valence-electron chi connectivity index (χ3n) is 5.27. The lowest BCUT2D eigenvalue weighted by Gasteiger charge is -2.46. The average molecular weight is 294 g/mol. The van der Waals surface area contributed by atoms with Crippen LogP contribution in [0, 0.1) is 11.8 Å². The van der Waals surface area contributed by atoms with Crippen LogP contribution in [0.2, 0.25) is 5.02 Å². The molecule has 20 heavy (non-hydrogen) atoms. The highest BCUT2D eigenvalue weighted by atomic mass is 35.5. The van der Waals surface area contributed by atoms with E-state index < -0.39 is 0 Å². The zero-order valence-corrected chi connectivity index (χ0v) is 14.1.